The molecule has 1 aromatic carbocycles. The molecule has 1 aromatic heterocycles. The molecule has 15 heavy (non-hydrogen) atoms. The Morgan fingerprint density at radius 1 is 1.27 bits per heavy atom. The van der Waals surface area contributed by atoms with E-state index in [4.69, 9.17) is 0 Å². The predicted octanol–water partition coefficient (Wildman–Crippen LogP) is 2.55. The second-order valence-electron chi connectivity index (χ2n) is 4.52. The zero-order valence-corrected chi connectivity index (χ0v) is 9.91. The molecule has 0 amide bonds. The van der Waals surface area contributed by atoms with E-state index in [-0.39, 0.29) is 0 Å². The molecule has 0 aliphatic heterocycles. The van der Waals surface area contributed by atoms with Gasteiger partial charge in [-0.2, -0.15) is 0 Å². The highest BCUT2D eigenvalue weighted by Gasteiger charge is 2.06. The highest BCUT2D eigenvalue weighted by atomic mass is 15.1. The molecule has 0 unspecified atom stereocenters. The van der Waals surface area contributed by atoms with Crippen LogP contribution in [0.4, 0.5) is 0 Å². The summed E-state index contributed by atoms with van der Waals surface area (Å²) in [6, 6.07) is 6.64. The largest absolute Gasteiger partial charge is 0.350 e. The van der Waals surface area contributed by atoms with E-state index in [1.54, 1.807) is 0 Å². The van der Waals surface area contributed by atoms with E-state index in [1.807, 2.05) is 0 Å². The van der Waals surface area contributed by atoms with Crippen LogP contribution in [0.3, 0.4) is 0 Å². The quantitative estimate of drug-likeness (QED) is 0.726. The molecule has 0 spiro atoms. The van der Waals surface area contributed by atoms with Crippen molar-refractivity contribution in [2.24, 2.45) is 7.05 Å². The van der Waals surface area contributed by atoms with Crippen LogP contribution in [0.15, 0.2) is 24.4 Å². The Hall–Kier alpha value is -1.28. The van der Waals surface area contributed by atoms with E-state index >= 15 is 0 Å². The molecule has 0 aliphatic rings. The number of benzene rings is 1. The van der Waals surface area contributed by atoms with Crippen molar-refractivity contribution in [1.82, 2.24) is 9.47 Å². The van der Waals surface area contributed by atoms with Crippen LogP contribution in [0, 0.1) is 6.92 Å². The lowest BCUT2D eigenvalue weighted by molar-refractivity contribution is 0.404. The Morgan fingerprint density at radius 2 is 2.00 bits per heavy atom. The molecule has 0 radical (unpaired) electrons. The standard InChI is InChI=1S/C13H18N2/c1-10-5-6-13-12(7-10)11(8-14(2)3)9-15(13)4/h5-7,9H,8H2,1-4H3. The van der Waals surface area contributed by atoms with Gasteiger partial charge in [0.1, 0.15) is 0 Å². The third kappa shape index (κ3) is 1.90. The lowest BCUT2D eigenvalue weighted by Crippen LogP contribution is -2.10. The van der Waals surface area contributed by atoms with Crippen molar-refractivity contribution in [1.29, 1.82) is 0 Å². The molecular weight excluding hydrogens is 184 g/mol. The van der Waals surface area contributed by atoms with Gasteiger partial charge in [0.15, 0.2) is 0 Å². The number of hydrogen-bond acceptors (Lipinski definition) is 1. The van der Waals surface area contributed by atoms with Crippen molar-refractivity contribution in [2.75, 3.05) is 14.1 Å². The van der Waals surface area contributed by atoms with Gasteiger partial charge in [-0.05, 0) is 38.7 Å². The van der Waals surface area contributed by atoms with Crippen LogP contribution in [0.5, 0.6) is 0 Å². The summed E-state index contributed by atoms with van der Waals surface area (Å²) in [6.45, 7) is 3.15. The van der Waals surface area contributed by atoms with Gasteiger partial charge in [-0.25, -0.2) is 0 Å². The van der Waals surface area contributed by atoms with Gasteiger partial charge in [0.25, 0.3) is 0 Å². The van der Waals surface area contributed by atoms with Gasteiger partial charge in [-0.15, -0.1) is 0 Å². The Balaban J connectivity index is 2.59. The van der Waals surface area contributed by atoms with Gasteiger partial charge in [-0.1, -0.05) is 11.6 Å². The Morgan fingerprint density at radius 3 is 2.67 bits per heavy atom. The molecule has 2 aromatic rings. The summed E-state index contributed by atoms with van der Waals surface area (Å²) in [5.74, 6) is 0. The summed E-state index contributed by atoms with van der Waals surface area (Å²) in [5.41, 5.74) is 4.05. The number of aryl methyl sites for hydroxylation is 2. The molecule has 80 valence electrons. The second kappa shape index (κ2) is 3.70. The molecule has 1 heterocycles. The molecule has 0 N–H and O–H groups in total. The van der Waals surface area contributed by atoms with E-state index < -0.39 is 0 Å². The van der Waals surface area contributed by atoms with Crippen LogP contribution in [-0.4, -0.2) is 23.6 Å². The maximum atomic E-state index is 2.27. The van der Waals surface area contributed by atoms with Crippen LogP contribution in [0.25, 0.3) is 10.9 Å². The third-order valence-corrected chi connectivity index (χ3v) is 2.71. The Bertz CT molecular complexity index is 480. The molecule has 0 bridgehead atoms. The summed E-state index contributed by atoms with van der Waals surface area (Å²) in [7, 11) is 6.32. The number of hydrogen-bond donors (Lipinski definition) is 0. The maximum Gasteiger partial charge on any atom is 0.0481 e. The fourth-order valence-corrected chi connectivity index (χ4v) is 2.05. The van der Waals surface area contributed by atoms with Gasteiger partial charge in [-0.3, -0.25) is 0 Å². The number of fused-ring (bicyclic) bond motifs is 1. The summed E-state index contributed by atoms with van der Waals surface area (Å²) in [6.07, 6.45) is 2.23. The number of rotatable bonds is 2. The van der Waals surface area contributed by atoms with E-state index in [9.17, 15) is 0 Å². The minimum absolute atomic E-state index is 1.00. The van der Waals surface area contributed by atoms with Crippen LogP contribution in [0.2, 0.25) is 0 Å². The zero-order valence-electron chi connectivity index (χ0n) is 9.91. The fraction of sp³-hybridized carbons (Fsp3) is 0.385. The Kier molecular flexibility index (Phi) is 2.53. The molecule has 0 atom stereocenters. The minimum Gasteiger partial charge on any atom is -0.350 e. The molecular formula is C13H18N2. The fourth-order valence-electron chi connectivity index (χ4n) is 2.05. The first-order valence-electron chi connectivity index (χ1n) is 5.27. The van der Waals surface area contributed by atoms with Crippen LogP contribution >= 0.6 is 0 Å². The summed E-state index contributed by atoms with van der Waals surface area (Å²) >= 11 is 0. The number of nitrogens with zero attached hydrogens (tertiary/aromatic N) is 2. The van der Waals surface area contributed by atoms with E-state index in [1.165, 1.54) is 22.0 Å². The van der Waals surface area contributed by atoms with Crippen molar-refractivity contribution < 1.29 is 0 Å². The van der Waals surface area contributed by atoms with Crippen molar-refractivity contribution in [3.05, 3.63) is 35.5 Å². The Labute approximate surface area is 91.1 Å². The van der Waals surface area contributed by atoms with Crippen molar-refractivity contribution >= 4 is 10.9 Å². The average molecular weight is 202 g/mol. The lowest BCUT2D eigenvalue weighted by Gasteiger charge is -2.07. The van der Waals surface area contributed by atoms with E-state index in [0.29, 0.717) is 0 Å². The molecule has 0 saturated heterocycles. The van der Waals surface area contributed by atoms with E-state index in [0.717, 1.165) is 6.54 Å². The van der Waals surface area contributed by atoms with Gasteiger partial charge in [0, 0.05) is 30.7 Å². The maximum absolute atomic E-state index is 2.27. The first-order valence-corrected chi connectivity index (χ1v) is 5.27. The molecule has 0 fully saturated rings. The first kappa shape index (κ1) is 10.2. The minimum atomic E-state index is 1.00. The summed E-state index contributed by atoms with van der Waals surface area (Å²) in [5, 5.41) is 1.38. The van der Waals surface area contributed by atoms with Crippen molar-refractivity contribution in [2.45, 2.75) is 13.5 Å². The summed E-state index contributed by atoms with van der Waals surface area (Å²) < 4.78 is 2.20. The molecule has 2 rings (SSSR count). The molecule has 0 saturated carbocycles. The van der Waals surface area contributed by atoms with Crippen molar-refractivity contribution in [3.63, 3.8) is 0 Å². The normalized spacial score (nSPS) is 11.5. The lowest BCUT2D eigenvalue weighted by atomic mass is 10.1. The third-order valence-electron chi connectivity index (χ3n) is 2.71. The summed E-state index contributed by atoms with van der Waals surface area (Å²) in [4.78, 5) is 2.21. The topological polar surface area (TPSA) is 8.17 Å². The first-order chi connectivity index (χ1) is 7.08. The van der Waals surface area contributed by atoms with Crippen LogP contribution < -0.4 is 0 Å². The molecule has 2 heteroatoms. The highest BCUT2D eigenvalue weighted by Crippen LogP contribution is 2.22. The molecule has 0 aliphatic carbocycles. The van der Waals surface area contributed by atoms with Gasteiger partial charge in [0.2, 0.25) is 0 Å². The van der Waals surface area contributed by atoms with Gasteiger partial charge < -0.3 is 9.47 Å². The second-order valence-corrected chi connectivity index (χ2v) is 4.52. The highest BCUT2D eigenvalue weighted by molar-refractivity contribution is 5.84. The SMILES string of the molecule is Cc1ccc2c(c1)c(CN(C)C)cn2C. The van der Waals surface area contributed by atoms with Crippen LogP contribution in [0.1, 0.15) is 11.1 Å². The van der Waals surface area contributed by atoms with Crippen molar-refractivity contribution in [3.8, 4) is 0 Å². The van der Waals surface area contributed by atoms with Crippen LogP contribution in [-0.2, 0) is 13.6 Å². The van der Waals surface area contributed by atoms with E-state index in [2.05, 4.69) is 61.9 Å². The zero-order chi connectivity index (χ0) is 11.0. The molecule has 2 nitrogen and oxygen atoms in total. The monoisotopic (exact) mass is 202 g/mol. The predicted molar refractivity (Wildman–Crippen MR) is 65.0 cm³/mol. The van der Waals surface area contributed by atoms with Gasteiger partial charge in [0.05, 0.1) is 0 Å². The smallest absolute Gasteiger partial charge is 0.0481 e. The average Bonchev–Trinajstić information content (AvgIpc) is 2.42. The number of aromatic nitrogens is 1. The van der Waals surface area contributed by atoms with Gasteiger partial charge >= 0.3 is 0 Å².